The molecule has 0 amide bonds. The van der Waals surface area contributed by atoms with Crippen LogP contribution in [0.4, 0.5) is 0 Å². The summed E-state index contributed by atoms with van der Waals surface area (Å²) in [6.07, 6.45) is 6.01. The number of benzene rings is 2. The van der Waals surface area contributed by atoms with Gasteiger partial charge in [0.15, 0.2) is 0 Å². The zero-order valence-corrected chi connectivity index (χ0v) is 16.8. The molecule has 0 N–H and O–H groups in total. The van der Waals surface area contributed by atoms with Crippen molar-refractivity contribution in [3.8, 4) is 0 Å². The molecule has 0 bridgehead atoms. The van der Waals surface area contributed by atoms with Crippen LogP contribution in [0.1, 0.15) is 6.92 Å². The largest absolute Gasteiger partial charge is 0.393 e. The van der Waals surface area contributed by atoms with Crippen LogP contribution in [0, 0.1) is 0 Å². The van der Waals surface area contributed by atoms with Crippen molar-refractivity contribution in [3.05, 3.63) is 54.6 Å². The van der Waals surface area contributed by atoms with Gasteiger partial charge in [-0.25, -0.2) is 37.8 Å². The predicted molar refractivity (Wildman–Crippen MR) is 106 cm³/mol. The van der Waals surface area contributed by atoms with Crippen LogP contribution in [0.2, 0.25) is 6.04 Å². The molecule has 0 spiro atoms. The third-order valence-electron chi connectivity index (χ3n) is 4.28. The maximum absolute atomic E-state index is 11.3. The molecule has 0 radical (unpaired) electrons. The van der Waals surface area contributed by atoms with Gasteiger partial charge < -0.3 is 0 Å². The first-order valence-corrected chi connectivity index (χ1v) is 12.2. The van der Waals surface area contributed by atoms with Gasteiger partial charge in [-0.3, -0.25) is 0 Å². The fourth-order valence-electron chi connectivity index (χ4n) is 3.01. The standard InChI is InChI=1S/C18H14N4O4Si2/c1-2-27(19-12-23,20-13-24)17-10-6-7-11-18(17)28(21-14-25,22-15-26)16-8-4-3-5-9-16/h3-11H,2H2,1H3. The van der Waals surface area contributed by atoms with Gasteiger partial charge in [0.05, 0.1) is 0 Å². The van der Waals surface area contributed by atoms with Crippen molar-refractivity contribution >= 4 is 56.7 Å². The molecular formula is C18H14N4O4Si2. The Labute approximate surface area is 162 Å². The summed E-state index contributed by atoms with van der Waals surface area (Å²) in [4.78, 5) is 44.8. The molecule has 8 nitrogen and oxygen atoms in total. The van der Waals surface area contributed by atoms with Crippen molar-refractivity contribution in [1.82, 2.24) is 0 Å². The van der Waals surface area contributed by atoms with E-state index in [-0.39, 0.29) is 6.04 Å². The monoisotopic (exact) mass is 406 g/mol. The first-order valence-electron chi connectivity index (χ1n) is 8.15. The first-order chi connectivity index (χ1) is 13.6. The van der Waals surface area contributed by atoms with E-state index in [0.29, 0.717) is 15.6 Å². The maximum Gasteiger partial charge on any atom is 0.393 e. The summed E-state index contributed by atoms with van der Waals surface area (Å²) in [5, 5.41) is 1.36. The van der Waals surface area contributed by atoms with Gasteiger partial charge in [-0.05, 0) is 21.6 Å². The third kappa shape index (κ3) is 3.73. The zero-order valence-electron chi connectivity index (χ0n) is 14.8. The molecule has 0 unspecified atom stereocenters. The molecule has 0 atom stereocenters. The van der Waals surface area contributed by atoms with E-state index in [1.54, 1.807) is 61.5 Å². The van der Waals surface area contributed by atoms with Gasteiger partial charge in [-0.15, -0.1) is 0 Å². The van der Waals surface area contributed by atoms with Crippen molar-refractivity contribution in [3.63, 3.8) is 0 Å². The minimum Gasteiger partial charge on any atom is -0.213 e. The van der Waals surface area contributed by atoms with E-state index < -0.39 is 16.8 Å². The highest BCUT2D eigenvalue weighted by Crippen LogP contribution is 2.15. The first kappa shape index (κ1) is 20.7. The van der Waals surface area contributed by atoms with Gasteiger partial charge in [-0.2, -0.15) is 0 Å². The smallest absolute Gasteiger partial charge is 0.213 e. The van der Waals surface area contributed by atoms with Gasteiger partial charge in [0, 0.05) is 0 Å². The van der Waals surface area contributed by atoms with Crippen molar-refractivity contribution < 1.29 is 19.2 Å². The molecule has 28 heavy (non-hydrogen) atoms. The van der Waals surface area contributed by atoms with E-state index in [9.17, 15) is 19.2 Å². The lowest BCUT2D eigenvalue weighted by atomic mass is 10.4. The Morgan fingerprint density at radius 3 is 1.61 bits per heavy atom. The third-order valence-corrected chi connectivity index (χ3v) is 10.9. The summed E-state index contributed by atoms with van der Waals surface area (Å²) in [7, 11) is -7.15. The van der Waals surface area contributed by atoms with Crippen LogP contribution < -0.4 is 15.6 Å². The van der Waals surface area contributed by atoms with Gasteiger partial charge in [0.25, 0.3) is 0 Å². The number of isocyanates is 4. The molecule has 2 aromatic rings. The number of nitrogens with zero attached hydrogens (tertiary/aromatic N) is 4. The molecule has 0 aliphatic carbocycles. The summed E-state index contributed by atoms with van der Waals surface area (Å²) >= 11 is 0. The molecule has 0 heterocycles. The van der Waals surface area contributed by atoms with Gasteiger partial charge in [-0.1, -0.05) is 61.5 Å². The topological polar surface area (TPSA) is 118 Å². The van der Waals surface area contributed by atoms with Crippen LogP contribution in [0.3, 0.4) is 0 Å². The quantitative estimate of drug-likeness (QED) is 0.355. The fourth-order valence-corrected chi connectivity index (χ4v) is 8.87. The van der Waals surface area contributed by atoms with Gasteiger partial charge in [0.1, 0.15) is 0 Å². The van der Waals surface area contributed by atoms with E-state index >= 15 is 0 Å². The van der Waals surface area contributed by atoms with Crippen molar-refractivity contribution in [1.29, 1.82) is 0 Å². The SMILES string of the molecule is CC[Si](N=C=O)(N=C=O)c1ccccc1[Si](N=C=O)(N=C=O)c1ccccc1. The molecule has 0 saturated carbocycles. The van der Waals surface area contributed by atoms with Crippen LogP contribution in [-0.4, -0.2) is 41.1 Å². The van der Waals surface area contributed by atoms with Crippen molar-refractivity contribution in [2.75, 3.05) is 0 Å². The fraction of sp³-hybridized carbons (Fsp3) is 0.111. The molecule has 138 valence electrons. The van der Waals surface area contributed by atoms with Crippen LogP contribution in [0.15, 0.2) is 73.2 Å². The van der Waals surface area contributed by atoms with Crippen LogP contribution in [0.25, 0.3) is 0 Å². The zero-order chi connectivity index (χ0) is 20.5. The highest BCUT2D eigenvalue weighted by atomic mass is 28.4. The molecule has 2 rings (SSSR count). The molecule has 10 heteroatoms. The molecule has 0 aliphatic rings. The van der Waals surface area contributed by atoms with E-state index in [2.05, 4.69) is 18.6 Å². The second-order valence-corrected chi connectivity index (χ2v) is 11.8. The summed E-state index contributed by atoms with van der Waals surface area (Å²) in [5.74, 6) is 0. The highest BCUT2D eigenvalue weighted by Gasteiger charge is 2.47. The van der Waals surface area contributed by atoms with Crippen LogP contribution in [0.5, 0.6) is 0 Å². The number of hydrogen-bond acceptors (Lipinski definition) is 8. The molecule has 2 aromatic carbocycles. The molecule has 0 aromatic heterocycles. The Morgan fingerprint density at radius 2 is 1.14 bits per heavy atom. The Hall–Kier alpha value is -3.61. The average molecular weight is 407 g/mol. The molecule has 0 saturated heterocycles. The van der Waals surface area contributed by atoms with Crippen molar-refractivity contribution in [2.24, 2.45) is 18.6 Å². The number of hydrogen-bond donors (Lipinski definition) is 0. The summed E-state index contributed by atoms with van der Waals surface area (Å²) in [5.41, 5.74) is 0. The van der Waals surface area contributed by atoms with E-state index in [0.717, 1.165) is 0 Å². The lowest BCUT2D eigenvalue weighted by Crippen LogP contribution is -2.66. The summed E-state index contributed by atoms with van der Waals surface area (Å²) in [6, 6.07) is 15.5. The molecule has 0 fully saturated rings. The van der Waals surface area contributed by atoms with Gasteiger partial charge >= 0.3 is 16.8 Å². The molecular weight excluding hydrogens is 392 g/mol. The highest BCUT2D eigenvalue weighted by molar-refractivity contribution is 7.05. The Kier molecular flexibility index (Phi) is 6.92. The Morgan fingerprint density at radius 1 is 0.679 bits per heavy atom. The maximum atomic E-state index is 11.3. The summed E-state index contributed by atoms with van der Waals surface area (Å²) < 4.78 is 15.7. The Balaban J connectivity index is 3.03. The van der Waals surface area contributed by atoms with Crippen LogP contribution in [-0.2, 0) is 19.2 Å². The molecule has 0 aliphatic heterocycles. The van der Waals surface area contributed by atoms with E-state index in [1.165, 1.54) is 24.3 Å². The lowest BCUT2D eigenvalue weighted by molar-refractivity contribution is 0.563. The minimum atomic E-state index is -3.72. The minimum absolute atomic E-state index is 0.253. The second-order valence-electron chi connectivity index (χ2n) is 5.57. The Bertz CT molecular complexity index is 1010. The van der Waals surface area contributed by atoms with Crippen LogP contribution >= 0.6 is 0 Å². The second kappa shape index (κ2) is 9.36. The average Bonchev–Trinajstić information content (AvgIpc) is 2.74. The normalized spacial score (nSPS) is 13.9. The number of rotatable bonds is 8. The van der Waals surface area contributed by atoms with E-state index in [4.69, 9.17) is 0 Å². The number of carbonyl (C=O) groups excluding carboxylic acids is 4. The predicted octanol–water partition coefficient (Wildman–Crippen LogP) is 0.255. The van der Waals surface area contributed by atoms with E-state index in [1.807, 2.05) is 0 Å². The van der Waals surface area contributed by atoms with Crippen molar-refractivity contribution in [2.45, 2.75) is 13.0 Å². The summed E-state index contributed by atoms with van der Waals surface area (Å²) in [6.45, 7) is 1.72. The lowest BCUT2D eigenvalue weighted by Gasteiger charge is -2.27. The van der Waals surface area contributed by atoms with Gasteiger partial charge in [0.2, 0.25) is 24.3 Å².